The summed E-state index contributed by atoms with van der Waals surface area (Å²) < 4.78 is 8.51. The van der Waals surface area contributed by atoms with Gasteiger partial charge in [0, 0.05) is 65.3 Å². The molecule has 5 heterocycles. The zero-order valence-corrected chi connectivity index (χ0v) is 39.2. The molecule has 5 nitrogen and oxygen atoms in total. The SMILES string of the molecule is [B]c1c([B])c([B])c2c(c1[B])c1c([B])c([B])c([B])c([B])c1n2-c1ccc2sc3c(-c4cccc(-n5c6ccccc6c6ccc(-c7ccc8c(c7)c7ccccc7n8-c7ccccc7)cc65)c4)ncnc3c2c1. The van der Waals surface area contributed by atoms with Gasteiger partial charge in [-0.25, -0.2) is 9.97 Å². The molecule has 0 bridgehead atoms. The summed E-state index contributed by atoms with van der Waals surface area (Å²) in [7, 11) is 52.7. The molecule has 0 aliphatic heterocycles. The van der Waals surface area contributed by atoms with Crippen LogP contribution in [0.15, 0.2) is 164 Å². The van der Waals surface area contributed by atoms with E-state index in [0.717, 1.165) is 65.1 Å². The van der Waals surface area contributed by atoms with Crippen molar-refractivity contribution < 1.29 is 0 Å². The van der Waals surface area contributed by atoms with Gasteiger partial charge in [0.15, 0.2) is 0 Å². The van der Waals surface area contributed by atoms with Crippen LogP contribution >= 0.6 is 11.3 Å². The maximum atomic E-state index is 6.78. The van der Waals surface area contributed by atoms with Crippen molar-refractivity contribution in [3.05, 3.63) is 164 Å². The number of aromatic nitrogens is 5. The Kier molecular flexibility index (Phi) is 9.47. The van der Waals surface area contributed by atoms with Crippen molar-refractivity contribution >= 4 is 204 Å². The summed E-state index contributed by atoms with van der Waals surface area (Å²) in [5.41, 5.74) is 14.6. The minimum atomic E-state index is 0.140. The molecule has 5 aromatic heterocycles. The van der Waals surface area contributed by atoms with Gasteiger partial charge in [-0.05, 0) is 94.7 Å². The van der Waals surface area contributed by atoms with Gasteiger partial charge in [-0.1, -0.05) is 107 Å². The lowest BCUT2D eigenvalue weighted by Crippen LogP contribution is -2.49. The van der Waals surface area contributed by atoms with Gasteiger partial charge in [-0.15, -0.1) is 33.2 Å². The molecule has 0 aliphatic carbocycles. The second kappa shape index (κ2) is 15.9. The zero-order chi connectivity index (χ0) is 48.8. The fraction of sp³-hybridized carbons (Fsp3) is 0. The van der Waals surface area contributed by atoms with Crippen LogP contribution in [0.1, 0.15) is 0 Å². The Morgan fingerprint density at radius 3 is 1.61 bits per heavy atom. The molecule has 0 spiro atoms. The van der Waals surface area contributed by atoms with E-state index in [1.807, 2.05) is 22.8 Å². The summed E-state index contributed by atoms with van der Waals surface area (Å²) >= 11 is 1.62. The highest BCUT2D eigenvalue weighted by molar-refractivity contribution is 7.26. The first-order chi connectivity index (χ1) is 35.1. The van der Waals surface area contributed by atoms with E-state index in [4.69, 9.17) is 72.7 Å². The second-order valence-electron chi connectivity index (χ2n) is 18.3. The molecule has 9 aromatic carbocycles. The van der Waals surface area contributed by atoms with Crippen molar-refractivity contribution in [2.24, 2.45) is 0 Å². The summed E-state index contributed by atoms with van der Waals surface area (Å²) in [4.78, 5) is 9.83. The molecule has 0 amide bonds. The number of para-hydroxylation sites is 3. The molecule has 14 heteroatoms. The van der Waals surface area contributed by atoms with E-state index in [1.165, 1.54) is 32.6 Å². The first-order valence-corrected chi connectivity index (χ1v) is 24.1. The first kappa shape index (κ1) is 43.0. The molecular weight excluding hydrogens is 885 g/mol. The molecule has 14 aromatic rings. The Hall–Kier alpha value is -7.80. The van der Waals surface area contributed by atoms with Crippen LogP contribution in [-0.4, -0.2) is 86.4 Å². The molecule has 0 aliphatic rings. The van der Waals surface area contributed by atoms with Crippen LogP contribution < -0.4 is 43.7 Å². The van der Waals surface area contributed by atoms with E-state index in [9.17, 15) is 0 Å². The summed E-state index contributed by atoms with van der Waals surface area (Å²) in [5.74, 6) is 0. The molecule has 0 saturated carbocycles. The quantitative estimate of drug-likeness (QED) is 0.205. The molecule has 0 fully saturated rings. The number of hydrogen-bond acceptors (Lipinski definition) is 3. The van der Waals surface area contributed by atoms with E-state index in [1.54, 1.807) is 17.7 Å². The van der Waals surface area contributed by atoms with Gasteiger partial charge in [-0.3, -0.25) is 0 Å². The van der Waals surface area contributed by atoms with E-state index in [0.29, 0.717) is 27.5 Å². The Morgan fingerprint density at radius 1 is 0.347 bits per heavy atom. The van der Waals surface area contributed by atoms with Crippen molar-refractivity contribution in [1.29, 1.82) is 0 Å². The molecule has 14 rings (SSSR count). The lowest BCUT2D eigenvalue weighted by atomic mass is 9.63. The summed E-state index contributed by atoms with van der Waals surface area (Å²) in [6.07, 6.45) is 1.62. The van der Waals surface area contributed by atoms with Crippen molar-refractivity contribution in [3.8, 4) is 39.4 Å². The molecule has 0 N–H and O–H groups in total. The van der Waals surface area contributed by atoms with Crippen molar-refractivity contribution in [2.75, 3.05) is 0 Å². The van der Waals surface area contributed by atoms with Crippen LogP contribution in [0, 0.1) is 0 Å². The third-order valence-corrected chi connectivity index (χ3v) is 15.7. The van der Waals surface area contributed by atoms with Gasteiger partial charge in [0.25, 0.3) is 0 Å². The van der Waals surface area contributed by atoms with Crippen LogP contribution in [0.5, 0.6) is 0 Å². The first-order valence-electron chi connectivity index (χ1n) is 23.3. The van der Waals surface area contributed by atoms with Gasteiger partial charge in [-0.2, -0.15) is 0 Å². The highest BCUT2D eigenvalue weighted by atomic mass is 32.1. The Labute approximate surface area is 428 Å². The number of fused-ring (bicyclic) bond motifs is 12. The Bertz CT molecular complexity index is 4610. The van der Waals surface area contributed by atoms with Crippen molar-refractivity contribution in [2.45, 2.75) is 0 Å². The predicted octanol–water partition coefficient (Wildman–Crippen LogP) is 5.82. The molecule has 72 heavy (non-hydrogen) atoms. The van der Waals surface area contributed by atoms with Crippen LogP contribution in [0.4, 0.5) is 0 Å². The lowest BCUT2D eigenvalue weighted by Gasteiger charge is -2.17. The smallest absolute Gasteiger partial charge is 0.116 e. The van der Waals surface area contributed by atoms with Crippen molar-refractivity contribution in [3.63, 3.8) is 0 Å². The number of nitrogens with zero attached hydrogens (tertiary/aromatic N) is 5. The Morgan fingerprint density at radius 2 is 0.903 bits per heavy atom. The molecule has 314 valence electrons. The molecule has 0 saturated heterocycles. The lowest BCUT2D eigenvalue weighted by molar-refractivity contribution is 1.18. The van der Waals surface area contributed by atoms with E-state index >= 15 is 0 Å². The number of hydrogen-bond donors (Lipinski definition) is 0. The third-order valence-electron chi connectivity index (χ3n) is 14.5. The van der Waals surface area contributed by atoms with Crippen LogP contribution in [0.2, 0.25) is 0 Å². The number of benzene rings is 9. The highest BCUT2D eigenvalue weighted by Gasteiger charge is 2.24. The fourth-order valence-electron chi connectivity index (χ4n) is 11.1. The molecular formula is C58H27B8N5S. The molecule has 0 unspecified atom stereocenters. The van der Waals surface area contributed by atoms with Gasteiger partial charge in [0.05, 0.1) is 38.0 Å². The predicted molar refractivity (Wildman–Crippen MR) is 312 cm³/mol. The topological polar surface area (TPSA) is 40.6 Å². The minimum absolute atomic E-state index is 0.140. The average molecular weight is 912 g/mol. The summed E-state index contributed by atoms with van der Waals surface area (Å²) in [6.45, 7) is 0. The van der Waals surface area contributed by atoms with Gasteiger partial charge in [0.2, 0.25) is 0 Å². The van der Waals surface area contributed by atoms with Gasteiger partial charge >= 0.3 is 0 Å². The largest absolute Gasteiger partial charge is 0.311 e. The zero-order valence-electron chi connectivity index (χ0n) is 38.4. The average Bonchev–Trinajstić information content (AvgIpc) is 4.17. The molecule has 16 radical (unpaired) electrons. The number of thiophene rings is 1. The highest BCUT2D eigenvalue weighted by Crippen LogP contribution is 2.42. The number of rotatable bonds is 5. The van der Waals surface area contributed by atoms with E-state index < -0.39 is 0 Å². The Balaban J connectivity index is 0.918. The summed E-state index contributed by atoms with van der Waals surface area (Å²) in [6, 6.07) is 56.0. The summed E-state index contributed by atoms with van der Waals surface area (Å²) in [5, 5.41) is 6.61. The van der Waals surface area contributed by atoms with Crippen LogP contribution in [0.25, 0.3) is 125 Å². The van der Waals surface area contributed by atoms with E-state index in [-0.39, 0.29) is 43.7 Å². The third kappa shape index (κ3) is 5.99. The second-order valence-corrected chi connectivity index (χ2v) is 19.4. The fourth-order valence-corrected chi connectivity index (χ4v) is 12.3. The van der Waals surface area contributed by atoms with Crippen LogP contribution in [-0.2, 0) is 0 Å². The van der Waals surface area contributed by atoms with Crippen LogP contribution in [0.3, 0.4) is 0 Å². The van der Waals surface area contributed by atoms with Gasteiger partial charge < -0.3 is 13.7 Å². The normalized spacial score (nSPS) is 12.1. The maximum Gasteiger partial charge on any atom is 0.116 e. The van der Waals surface area contributed by atoms with Gasteiger partial charge in [0.1, 0.15) is 69.1 Å². The monoisotopic (exact) mass is 913 g/mol. The maximum absolute atomic E-state index is 6.78. The minimum Gasteiger partial charge on any atom is -0.311 e. The standard InChI is InChI=1S/C58H27B8N5S/c59-46-44-45-47(60)49(62)51(64)53(66)57(45)71(56(44)52(65)50(63)48(46)61)33-19-22-43-38(26-33)55-58(72-43)54(67-27-68-55)30-9-8-12-32(23-30)70-39-15-6-4-13-34(39)36-20-17-29(25-42(36)70)28-18-21-41-37(24-28)35-14-5-7-16-40(35)69(41)31-10-2-1-3-11-31/h1-27H. The van der Waals surface area contributed by atoms with E-state index in [2.05, 4.69) is 149 Å². The molecule has 0 atom stereocenters. The van der Waals surface area contributed by atoms with Crippen molar-refractivity contribution in [1.82, 2.24) is 23.7 Å².